The Hall–Kier alpha value is -2.20. The van der Waals surface area contributed by atoms with Gasteiger partial charge in [0.2, 0.25) is 0 Å². The fraction of sp³-hybridized carbons (Fsp3) is 0.316. The summed E-state index contributed by atoms with van der Waals surface area (Å²) in [5.74, 6) is 1.18. The Morgan fingerprint density at radius 2 is 1.83 bits per heavy atom. The minimum absolute atomic E-state index is 0.195. The molecule has 2 rings (SSSR count). The monoisotopic (exact) mass is 347 g/mol. The molecule has 1 amide bonds. The highest BCUT2D eigenvalue weighted by Gasteiger charge is 2.14. The number of halogens is 1. The van der Waals surface area contributed by atoms with Gasteiger partial charge >= 0.3 is 0 Å². The Morgan fingerprint density at radius 1 is 1.12 bits per heavy atom. The molecule has 128 valence electrons. The third-order valence-electron chi connectivity index (χ3n) is 3.34. The van der Waals surface area contributed by atoms with Crippen LogP contribution in [-0.4, -0.2) is 25.2 Å². The number of hydrogen-bond acceptors (Lipinski definition) is 3. The van der Waals surface area contributed by atoms with Crippen LogP contribution < -0.4 is 14.8 Å². The van der Waals surface area contributed by atoms with E-state index in [2.05, 4.69) is 11.4 Å². The maximum atomic E-state index is 12.0. The molecule has 2 aromatic rings. The minimum Gasteiger partial charge on any atom is -0.492 e. The number of amides is 1. The first-order valence-electron chi connectivity index (χ1n) is 7.85. The van der Waals surface area contributed by atoms with Gasteiger partial charge in [-0.1, -0.05) is 23.7 Å². The number of benzene rings is 2. The van der Waals surface area contributed by atoms with Crippen molar-refractivity contribution < 1.29 is 14.3 Å². The molecule has 0 aromatic heterocycles. The van der Waals surface area contributed by atoms with Crippen LogP contribution in [0, 0.1) is 13.8 Å². The number of carbonyl (C=O) groups excluding carboxylic acids is 1. The first-order valence-corrected chi connectivity index (χ1v) is 8.23. The smallest absolute Gasteiger partial charge is 0.260 e. The zero-order chi connectivity index (χ0) is 17.5. The molecule has 1 atom stereocenters. The van der Waals surface area contributed by atoms with Crippen LogP contribution in [0.3, 0.4) is 0 Å². The van der Waals surface area contributed by atoms with Crippen molar-refractivity contribution in [3.05, 3.63) is 58.6 Å². The summed E-state index contributed by atoms with van der Waals surface area (Å²) in [6, 6.07) is 13.0. The van der Waals surface area contributed by atoms with Crippen LogP contribution in [-0.2, 0) is 4.79 Å². The fourth-order valence-electron chi connectivity index (χ4n) is 2.30. The standard InChI is InChI=1S/C19H22ClNO3/c1-13-9-14(2)11-18(10-13)23-8-7-21-19(22)15(3)24-17-6-4-5-16(20)12-17/h4-6,9-12,15H,7-8H2,1-3H3,(H,21,22)/t15-/m0/s1. The lowest BCUT2D eigenvalue weighted by Gasteiger charge is -2.15. The van der Waals surface area contributed by atoms with E-state index in [1.165, 1.54) is 0 Å². The summed E-state index contributed by atoms with van der Waals surface area (Å²) in [7, 11) is 0. The van der Waals surface area contributed by atoms with Crippen molar-refractivity contribution in [3.63, 3.8) is 0 Å². The van der Waals surface area contributed by atoms with Crippen molar-refractivity contribution in [2.24, 2.45) is 0 Å². The molecule has 0 saturated heterocycles. The second-order valence-corrected chi connectivity index (χ2v) is 6.12. The zero-order valence-electron chi connectivity index (χ0n) is 14.1. The highest BCUT2D eigenvalue weighted by Crippen LogP contribution is 2.18. The summed E-state index contributed by atoms with van der Waals surface area (Å²) < 4.78 is 11.2. The second-order valence-electron chi connectivity index (χ2n) is 5.68. The molecule has 0 radical (unpaired) electrons. The SMILES string of the molecule is Cc1cc(C)cc(OCCNC(=O)[C@H](C)Oc2cccc(Cl)c2)c1. The number of nitrogens with one attached hydrogen (secondary N) is 1. The van der Waals surface area contributed by atoms with E-state index in [-0.39, 0.29) is 5.91 Å². The van der Waals surface area contributed by atoms with Gasteiger partial charge in [-0.2, -0.15) is 0 Å². The van der Waals surface area contributed by atoms with Crippen molar-refractivity contribution in [1.29, 1.82) is 0 Å². The average molecular weight is 348 g/mol. The summed E-state index contributed by atoms with van der Waals surface area (Å²) in [5.41, 5.74) is 2.30. The van der Waals surface area contributed by atoms with Crippen molar-refractivity contribution in [2.45, 2.75) is 26.9 Å². The third-order valence-corrected chi connectivity index (χ3v) is 3.58. The van der Waals surface area contributed by atoms with E-state index >= 15 is 0 Å². The molecule has 0 saturated carbocycles. The summed E-state index contributed by atoms with van der Waals surface area (Å²) in [4.78, 5) is 12.0. The summed E-state index contributed by atoms with van der Waals surface area (Å²) in [5, 5.41) is 3.37. The second kappa shape index (κ2) is 8.60. The maximum absolute atomic E-state index is 12.0. The van der Waals surface area contributed by atoms with Gasteiger partial charge in [0.1, 0.15) is 18.1 Å². The predicted molar refractivity (Wildman–Crippen MR) is 96.0 cm³/mol. The predicted octanol–water partition coefficient (Wildman–Crippen LogP) is 3.92. The van der Waals surface area contributed by atoms with E-state index < -0.39 is 6.10 Å². The number of ether oxygens (including phenoxy) is 2. The number of carbonyl (C=O) groups is 1. The molecular formula is C19H22ClNO3. The van der Waals surface area contributed by atoms with Crippen molar-refractivity contribution >= 4 is 17.5 Å². The molecule has 4 nitrogen and oxygen atoms in total. The maximum Gasteiger partial charge on any atom is 0.260 e. The van der Waals surface area contributed by atoms with E-state index in [9.17, 15) is 4.79 Å². The summed E-state index contributed by atoms with van der Waals surface area (Å²) >= 11 is 5.89. The molecule has 0 fully saturated rings. The van der Waals surface area contributed by atoms with Crippen LogP contribution in [0.5, 0.6) is 11.5 Å². The van der Waals surface area contributed by atoms with Crippen molar-refractivity contribution in [3.8, 4) is 11.5 Å². The van der Waals surface area contributed by atoms with Gasteiger partial charge in [-0.15, -0.1) is 0 Å². The molecule has 0 bridgehead atoms. The Bertz CT molecular complexity index is 683. The highest BCUT2D eigenvalue weighted by atomic mass is 35.5. The molecule has 0 aliphatic rings. The van der Waals surface area contributed by atoms with Gasteiger partial charge in [0.25, 0.3) is 5.91 Å². The van der Waals surface area contributed by atoms with Crippen molar-refractivity contribution in [2.75, 3.05) is 13.2 Å². The van der Waals surface area contributed by atoms with Crippen LogP contribution in [0.2, 0.25) is 5.02 Å². The lowest BCUT2D eigenvalue weighted by molar-refractivity contribution is -0.127. The Balaban J connectivity index is 1.74. The zero-order valence-corrected chi connectivity index (χ0v) is 14.9. The van der Waals surface area contributed by atoms with E-state index in [4.69, 9.17) is 21.1 Å². The number of hydrogen-bond donors (Lipinski definition) is 1. The Labute approximate surface area is 147 Å². The summed E-state index contributed by atoms with van der Waals surface area (Å²) in [6.07, 6.45) is -0.607. The van der Waals surface area contributed by atoms with Crippen LogP contribution >= 0.6 is 11.6 Å². The molecule has 5 heteroatoms. The molecule has 2 aromatic carbocycles. The van der Waals surface area contributed by atoms with E-state index in [1.54, 1.807) is 31.2 Å². The molecule has 0 aliphatic heterocycles. The molecular weight excluding hydrogens is 326 g/mol. The third kappa shape index (κ3) is 5.78. The fourth-order valence-corrected chi connectivity index (χ4v) is 2.48. The minimum atomic E-state index is -0.607. The van der Waals surface area contributed by atoms with Crippen LogP contribution in [0.25, 0.3) is 0 Å². The largest absolute Gasteiger partial charge is 0.492 e. The number of aryl methyl sites for hydroxylation is 2. The quantitative estimate of drug-likeness (QED) is 0.772. The molecule has 24 heavy (non-hydrogen) atoms. The van der Waals surface area contributed by atoms with Crippen LogP contribution in [0.1, 0.15) is 18.1 Å². The first-order chi connectivity index (χ1) is 11.4. The van der Waals surface area contributed by atoms with Gasteiger partial charge in [-0.3, -0.25) is 4.79 Å². The lowest BCUT2D eigenvalue weighted by atomic mass is 10.1. The highest BCUT2D eigenvalue weighted by molar-refractivity contribution is 6.30. The van der Waals surface area contributed by atoms with Gasteiger partial charge in [0.15, 0.2) is 6.10 Å². The van der Waals surface area contributed by atoms with Gasteiger partial charge in [0.05, 0.1) is 6.54 Å². The topological polar surface area (TPSA) is 47.6 Å². The molecule has 1 N–H and O–H groups in total. The van der Waals surface area contributed by atoms with Gasteiger partial charge in [-0.05, 0) is 62.2 Å². The number of rotatable bonds is 7. The van der Waals surface area contributed by atoms with E-state index in [0.717, 1.165) is 16.9 Å². The average Bonchev–Trinajstić information content (AvgIpc) is 2.50. The lowest BCUT2D eigenvalue weighted by Crippen LogP contribution is -2.38. The Kier molecular flexibility index (Phi) is 6.50. The van der Waals surface area contributed by atoms with E-state index in [0.29, 0.717) is 23.9 Å². The van der Waals surface area contributed by atoms with Gasteiger partial charge in [0, 0.05) is 5.02 Å². The van der Waals surface area contributed by atoms with E-state index in [1.807, 2.05) is 26.0 Å². The van der Waals surface area contributed by atoms with Gasteiger partial charge < -0.3 is 14.8 Å². The molecule has 0 unspecified atom stereocenters. The summed E-state index contributed by atoms with van der Waals surface area (Å²) in [6.45, 7) is 6.56. The normalized spacial score (nSPS) is 11.7. The molecule has 0 aliphatic carbocycles. The molecule has 0 spiro atoms. The first kappa shape index (κ1) is 18.1. The molecule has 0 heterocycles. The van der Waals surface area contributed by atoms with Crippen LogP contribution in [0.15, 0.2) is 42.5 Å². The van der Waals surface area contributed by atoms with Crippen molar-refractivity contribution in [1.82, 2.24) is 5.32 Å². The van der Waals surface area contributed by atoms with Crippen LogP contribution in [0.4, 0.5) is 0 Å². The Morgan fingerprint density at radius 3 is 2.50 bits per heavy atom. The van der Waals surface area contributed by atoms with Gasteiger partial charge in [-0.25, -0.2) is 0 Å².